The number of carboxylic acids is 1. The van der Waals surface area contributed by atoms with Gasteiger partial charge in [0, 0.05) is 37.4 Å². The largest absolute Gasteiger partial charge is 0.480 e. The predicted molar refractivity (Wildman–Crippen MR) is 132 cm³/mol. The highest BCUT2D eigenvalue weighted by Gasteiger charge is 2.32. The number of nitrogens with two attached hydrogens (primary N) is 1. The molecule has 0 atom stereocenters. The first-order chi connectivity index (χ1) is 16.7. The van der Waals surface area contributed by atoms with E-state index in [0.29, 0.717) is 11.3 Å². The van der Waals surface area contributed by atoms with E-state index in [9.17, 15) is 23.1 Å². The number of nitrogens with one attached hydrogen (secondary N) is 1. The number of sulfonamides is 1. The van der Waals surface area contributed by atoms with E-state index in [2.05, 4.69) is 0 Å². The Bertz CT molecular complexity index is 1380. The van der Waals surface area contributed by atoms with Gasteiger partial charge in [-0.1, -0.05) is 30.3 Å². The van der Waals surface area contributed by atoms with E-state index in [4.69, 9.17) is 11.1 Å². The zero-order chi connectivity index (χ0) is 25.2. The summed E-state index contributed by atoms with van der Waals surface area (Å²) in [4.78, 5) is 27.3. The summed E-state index contributed by atoms with van der Waals surface area (Å²) in [6.45, 7) is -0.148. The number of carbonyl (C=O) groups excluding carboxylic acids is 1. The number of benzene rings is 3. The van der Waals surface area contributed by atoms with Crippen molar-refractivity contribution in [3.05, 3.63) is 72.3 Å². The number of amidine groups is 1. The van der Waals surface area contributed by atoms with Gasteiger partial charge in [0.15, 0.2) is 0 Å². The zero-order valence-corrected chi connectivity index (χ0v) is 19.6. The molecule has 0 saturated carbocycles. The van der Waals surface area contributed by atoms with E-state index >= 15 is 0 Å². The Morgan fingerprint density at radius 1 is 0.943 bits per heavy atom. The van der Waals surface area contributed by atoms with Crippen LogP contribution < -0.4 is 10.6 Å². The van der Waals surface area contributed by atoms with Crippen molar-refractivity contribution in [1.82, 2.24) is 9.21 Å². The number of fused-ring (bicyclic) bond motifs is 1. The summed E-state index contributed by atoms with van der Waals surface area (Å²) in [5, 5.41) is 18.6. The summed E-state index contributed by atoms with van der Waals surface area (Å²) in [5.74, 6) is -1.33. The number of hydrogen-bond donors (Lipinski definition) is 3. The first-order valence-corrected chi connectivity index (χ1v) is 12.3. The van der Waals surface area contributed by atoms with Crippen LogP contribution in [0.3, 0.4) is 0 Å². The van der Waals surface area contributed by atoms with Gasteiger partial charge in [-0.2, -0.15) is 4.31 Å². The molecule has 0 spiro atoms. The Morgan fingerprint density at radius 3 is 2.17 bits per heavy atom. The van der Waals surface area contributed by atoms with Crippen LogP contribution in [0, 0.1) is 5.41 Å². The molecule has 0 unspecified atom stereocenters. The van der Waals surface area contributed by atoms with Crippen LogP contribution in [0.5, 0.6) is 0 Å². The number of nitrogen functional groups attached to an aromatic ring is 1. The van der Waals surface area contributed by atoms with Crippen molar-refractivity contribution in [2.24, 2.45) is 5.73 Å². The van der Waals surface area contributed by atoms with Crippen molar-refractivity contribution < 1.29 is 23.1 Å². The van der Waals surface area contributed by atoms with Crippen LogP contribution in [-0.2, 0) is 14.8 Å². The number of urea groups is 1. The van der Waals surface area contributed by atoms with Crippen molar-refractivity contribution in [1.29, 1.82) is 5.41 Å². The SMILES string of the molecule is N=C(N)c1ccc(N(CC(=O)O)C(=O)N2CCN(S(=O)(=O)c3ccc4ccccc4c3)CC2)cc1. The topological polar surface area (TPSA) is 148 Å². The number of amides is 2. The average Bonchev–Trinajstić information content (AvgIpc) is 2.86. The standard InChI is InChI=1S/C24H25N5O5S/c25-23(26)18-5-8-20(9-6-18)29(16-22(30)31)24(32)27-11-13-28(14-12-27)35(33,34)21-10-7-17-3-1-2-4-19(17)15-21/h1-10,15H,11-14,16H2,(H3,25,26)(H,30,31). The molecule has 0 bridgehead atoms. The molecule has 1 heterocycles. The van der Waals surface area contributed by atoms with Crippen molar-refractivity contribution >= 4 is 44.3 Å². The minimum atomic E-state index is -3.75. The molecule has 0 aliphatic carbocycles. The predicted octanol–water partition coefficient (Wildman–Crippen LogP) is 2.14. The van der Waals surface area contributed by atoms with Gasteiger partial charge in [0.1, 0.15) is 12.4 Å². The first kappa shape index (κ1) is 24.2. The molecule has 1 aliphatic rings. The molecule has 0 aromatic heterocycles. The molecule has 3 aromatic rings. The summed E-state index contributed by atoms with van der Waals surface area (Å²) in [6.07, 6.45) is 0. The molecule has 1 saturated heterocycles. The zero-order valence-electron chi connectivity index (χ0n) is 18.8. The van der Waals surface area contributed by atoms with Crippen LogP contribution in [0.1, 0.15) is 5.56 Å². The monoisotopic (exact) mass is 495 g/mol. The number of carbonyl (C=O) groups is 2. The lowest BCUT2D eigenvalue weighted by molar-refractivity contribution is -0.135. The molecule has 1 fully saturated rings. The molecular weight excluding hydrogens is 470 g/mol. The number of nitrogens with zero attached hydrogens (tertiary/aromatic N) is 3. The van der Waals surface area contributed by atoms with Crippen molar-refractivity contribution in [2.75, 3.05) is 37.6 Å². The van der Waals surface area contributed by atoms with Crippen molar-refractivity contribution in [3.8, 4) is 0 Å². The first-order valence-electron chi connectivity index (χ1n) is 10.9. The van der Waals surface area contributed by atoms with Crippen molar-refractivity contribution in [3.63, 3.8) is 0 Å². The van der Waals surface area contributed by atoms with Crippen LogP contribution in [-0.4, -0.2) is 73.3 Å². The molecule has 11 heteroatoms. The molecule has 10 nitrogen and oxygen atoms in total. The third-order valence-electron chi connectivity index (χ3n) is 5.88. The number of anilines is 1. The van der Waals surface area contributed by atoms with Gasteiger partial charge in [0.2, 0.25) is 10.0 Å². The number of piperazine rings is 1. The van der Waals surface area contributed by atoms with Crippen LogP contribution in [0.25, 0.3) is 10.8 Å². The summed E-state index contributed by atoms with van der Waals surface area (Å²) in [7, 11) is -3.75. The van der Waals surface area contributed by atoms with Gasteiger partial charge < -0.3 is 15.7 Å². The number of aliphatic carboxylic acids is 1. The molecule has 3 aromatic carbocycles. The Kier molecular flexibility index (Phi) is 6.72. The molecule has 182 valence electrons. The lowest BCUT2D eigenvalue weighted by Crippen LogP contribution is -2.54. The third-order valence-corrected chi connectivity index (χ3v) is 7.78. The van der Waals surface area contributed by atoms with Gasteiger partial charge in [0.05, 0.1) is 4.90 Å². The summed E-state index contributed by atoms with van der Waals surface area (Å²) in [6, 6.07) is 18.1. The maximum atomic E-state index is 13.2. The van der Waals surface area contributed by atoms with Gasteiger partial charge in [-0.25, -0.2) is 13.2 Å². The Hall–Kier alpha value is -3.96. The van der Waals surface area contributed by atoms with Gasteiger partial charge >= 0.3 is 12.0 Å². The maximum Gasteiger partial charge on any atom is 0.325 e. The fourth-order valence-corrected chi connectivity index (χ4v) is 5.45. The highest BCUT2D eigenvalue weighted by atomic mass is 32.2. The van der Waals surface area contributed by atoms with Crippen molar-refractivity contribution in [2.45, 2.75) is 4.90 Å². The lowest BCUT2D eigenvalue weighted by atomic mass is 10.1. The maximum absolute atomic E-state index is 13.2. The highest BCUT2D eigenvalue weighted by Crippen LogP contribution is 2.24. The van der Waals surface area contributed by atoms with Crippen LogP contribution in [0.2, 0.25) is 0 Å². The second-order valence-electron chi connectivity index (χ2n) is 8.12. The Morgan fingerprint density at radius 2 is 1.57 bits per heavy atom. The molecule has 1 aliphatic heterocycles. The number of carboxylic acid groups (broad SMARTS) is 1. The molecule has 4 rings (SSSR count). The van der Waals surface area contributed by atoms with Crippen LogP contribution in [0.4, 0.5) is 10.5 Å². The molecular formula is C24H25N5O5S. The molecule has 35 heavy (non-hydrogen) atoms. The minimum Gasteiger partial charge on any atom is -0.480 e. The van der Waals surface area contributed by atoms with E-state index < -0.39 is 28.6 Å². The Labute approximate surface area is 202 Å². The van der Waals surface area contributed by atoms with E-state index in [1.807, 2.05) is 24.3 Å². The smallest absolute Gasteiger partial charge is 0.325 e. The second-order valence-corrected chi connectivity index (χ2v) is 10.1. The Balaban J connectivity index is 1.48. The van der Waals surface area contributed by atoms with Gasteiger partial charge in [-0.15, -0.1) is 0 Å². The number of rotatable bonds is 6. The lowest BCUT2D eigenvalue weighted by Gasteiger charge is -2.36. The van der Waals surface area contributed by atoms with Gasteiger partial charge in [-0.05, 0) is 47.2 Å². The van der Waals surface area contributed by atoms with E-state index in [-0.39, 0.29) is 36.9 Å². The highest BCUT2D eigenvalue weighted by molar-refractivity contribution is 7.89. The second kappa shape index (κ2) is 9.72. The quantitative estimate of drug-likeness (QED) is 0.352. The summed E-state index contributed by atoms with van der Waals surface area (Å²) < 4.78 is 27.7. The van der Waals surface area contributed by atoms with Crippen LogP contribution in [0.15, 0.2) is 71.6 Å². The molecule has 4 N–H and O–H groups in total. The van der Waals surface area contributed by atoms with E-state index in [1.54, 1.807) is 18.2 Å². The fraction of sp³-hybridized carbons (Fsp3) is 0.208. The fourth-order valence-electron chi connectivity index (χ4n) is 3.99. The minimum absolute atomic E-state index is 0.0884. The molecule has 2 amide bonds. The van der Waals surface area contributed by atoms with E-state index in [1.165, 1.54) is 33.5 Å². The average molecular weight is 496 g/mol. The number of hydrogen-bond acceptors (Lipinski definition) is 5. The van der Waals surface area contributed by atoms with Crippen LogP contribution >= 0.6 is 0 Å². The van der Waals surface area contributed by atoms with Gasteiger partial charge in [-0.3, -0.25) is 15.1 Å². The summed E-state index contributed by atoms with van der Waals surface area (Å²) >= 11 is 0. The summed E-state index contributed by atoms with van der Waals surface area (Å²) in [5.41, 5.74) is 6.25. The normalized spacial score (nSPS) is 14.6. The van der Waals surface area contributed by atoms with Gasteiger partial charge in [0.25, 0.3) is 0 Å². The molecule has 0 radical (unpaired) electrons. The van der Waals surface area contributed by atoms with E-state index in [0.717, 1.165) is 15.7 Å². The third kappa shape index (κ3) is 5.10.